The predicted molar refractivity (Wildman–Crippen MR) is 155 cm³/mol. The third kappa shape index (κ3) is 4.90. The van der Waals surface area contributed by atoms with Gasteiger partial charge in [-0.2, -0.15) is 0 Å². The summed E-state index contributed by atoms with van der Waals surface area (Å²) in [5, 5.41) is 13.6. The van der Waals surface area contributed by atoms with Gasteiger partial charge in [0.25, 0.3) is 5.91 Å². The Bertz CT molecular complexity index is 1810. The van der Waals surface area contributed by atoms with E-state index in [4.69, 9.17) is 9.47 Å². The first-order chi connectivity index (χ1) is 20.2. The van der Waals surface area contributed by atoms with Crippen LogP contribution in [0.1, 0.15) is 16.4 Å². The van der Waals surface area contributed by atoms with Gasteiger partial charge in [0, 0.05) is 21.9 Å². The molecule has 0 bridgehead atoms. The fraction of sp³-hybridized carbons (Fsp3) is 0.207. The number of anilines is 1. The van der Waals surface area contributed by atoms with Crippen molar-refractivity contribution >= 4 is 63.2 Å². The van der Waals surface area contributed by atoms with E-state index in [1.807, 2.05) is 42.5 Å². The molecule has 42 heavy (non-hydrogen) atoms. The van der Waals surface area contributed by atoms with Gasteiger partial charge in [-0.15, -0.1) is 0 Å². The fourth-order valence-corrected chi connectivity index (χ4v) is 7.92. The third-order valence-electron chi connectivity index (χ3n) is 7.18. The molecule has 3 atom stereocenters. The number of fused-ring (bicyclic) bond motifs is 3. The largest absolute Gasteiger partial charge is 0.493 e. The molecule has 3 aromatic carbocycles. The van der Waals surface area contributed by atoms with Crippen LogP contribution in [-0.4, -0.2) is 64.2 Å². The number of rotatable bonds is 8. The summed E-state index contributed by atoms with van der Waals surface area (Å²) < 4.78 is 11.3. The normalized spacial score (nSPS) is 19.4. The Labute approximate surface area is 246 Å². The van der Waals surface area contributed by atoms with Crippen molar-refractivity contribution in [3.05, 3.63) is 80.8 Å². The molecule has 1 aromatic heterocycles. The molecule has 0 aliphatic carbocycles. The number of imide groups is 1. The topological polar surface area (TPSA) is 155 Å². The number of aromatic nitrogens is 1. The third-order valence-corrected chi connectivity index (χ3v) is 9.58. The van der Waals surface area contributed by atoms with E-state index in [9.17, 15) is 29.1 Å². The van der Waals surface area contributed by atoms with Crippen molar-refractivity contribution < 1.29 is 33.8 Å². The van der Waals surface area contributed by atoms with Crippen LogP contribution in [0.4, 0.5) is 5.69 Å². The van der Waals surface area contributed by atoms with E-state index in [-0.39, 0.29) is 28.9 Å². The predicted octanol–water partition coefficient (Wildman–Crippen LogP) is 3.29. The van der Waals surface area contributed by atoms with Gasteiger partial charge in [0.05, 0.1) is 18.1 Å². The van der Waals surface area contributed by atoms with Gasteiger partial charge < -0.3 is 24.9 Å². The first-order valence-electron chi connectivity index (χ1n) is 12.8. The van der Waals surface area contributed by atoms with Gasteiger partial charge >= 0.3 is 10.8 Å². The molecular formula is C29H23N3O8S2. The first kappa shape index (κ1) is 27.5. The number of hydrogen-bond donors (Lipinski definition) is 3. The molecule has 0 radical (unpaired) electrons. The second kappa shape index (κ2) is 11.0. The molecule has 0 saturated carbocycles. The van der Waals surface area contributed by atoms with Crippen LogP contribution < -0.4 is 19.7 Å². The number of methoxy groups -OCH3 is 1. The molecule has 0 spiro atoms. The quantitative estimate of drug-likeness (QED) is 0.257. The number of thioether (sulfide) groups is 1. The summed E-state index contributed by atoms with van der Waals surface area (Å²) in [6, 6.07) is 18.2. The van der Waals surface area contributed by atoms with Crippen molar-refractivity contribution in [1.29, 1.82) is 0 Å². The molecule has 3 heterocycles. The van der Waals surface area contributed by atoms with E-state index in [0.717, 1.165) is 38.8 Å². The highest BCUT2D eigenvalue weighted by Crippen LogP contribution is 2.53. The van der Waals surface area contributed by atoms with Gasteiger partial charge in [-0.05, 0) is 29.1 Å². The molecule has 13 heteroatoms. The maximum absolute atomic E-state index is 13.4. The summed E-state index contributed by atoms with van der Waals surface area (Å²) in [5.74, 6) is -3.95. The number of nitrogens with zero attached hydrogens (tertiary/aromatic N) is 1. The summed E-state index contributed by atoms with van der Waals surface area (Å²) >= 11 is 2.00. The molecule has 214 valence electrons. The number of amides is 3. The maximum Gasteiger partial charge on any atom is 0.323 e. The van der Waals surface area contributed by atoms with E-state index in [1.165, 1.54) is 7.11 Å². The number of ether oxygens (including phenoxy) is 2. The number of carbonyl (C=O) groups is 4. The van der Waals surface area contributed by atoms with E-state index >= 15 is 0 Å². The van der Waals surface area contributed by atoms with Gasteiger partial charge in [0.2, 0.25) is 11.8 Å². The number of nitrogens with one attached hydrogen (secondary N) is 2. The molecule has 1 fully saturated rings. The van der Waals surface area contributed by atoms with Crippen molar-refractivity contribution in [2.45, 2.75) is 16.2 Å². The van der Waals surface area contributed by atoms with Crippen molar-refractivity contribution in [2.75, 3.05) is 25.6 Å². The number of H-pyrrole nitrogens is 1. The fourth-order valence-electron chi connectivity index (χ4n) is 5.39. The van der Waals surface area contributed by atoms with Crippen molar-refractivity contribution in [1.82, 2.24) is 9.88 Å². The van der Waals surface area contributed by atoms with Crippen LogP contribution in [0.15, 0.2) is 70.5 Å². The van der Waals surface area contributed by atoms with Crippen LogP contribution >= 0.6 is 23.1 Å². The smallest absolute Gasteiger partial charge is 0.323 e. The highest BCUT2D eigenvalue weighted by Gasteiger charge is 2.56. The SMILES string of the molecule is COc1cc([C@H]2c3sc(=O)[nH]c3SC3C(=O)N(CC(=O)O)C(=O)C32)ccc1OCC(=O)Nc1cccc2ccccc12. The Morgan fingerprint density at radius 3 is 2.60 bits per heavy atom. The van der Waals surface area contributed by atoms with Crippen LogP contribution in [0, 0.1) is 5.92 Å². The van der Waals surface area contributed by atoms with E-state index in [0.29, 0.717) is 21.2 Å². The molecule has 4 aromatic rings. The Balaban J connectivity index is 1.26. The highest BCUT2D eigenvalue weighted by molar-refractivity contribution is 8.00. The zero-order valence-electron chi connectivity index (χ0n) is 22.0. The summed E-state index contributed by atoms with van der Waals surface area (Å²) in [7, 11) is 1.43. The molecule has 1 saturated heterocycles. The molecular weight excluding hydrogens is 582 g/mol. The van der Waals surface area contributed by atoms with Gasteiger partial charge in [0.1, 0.15) is 11.8 Å². The standard InChI is InChI=1S/C29H23N3O8S2/c1-39-19-11-15(9-10-18(19)40-13-20(33)30-17-8-4-6-14-5-2-3-7-16(14)17)22-23-25(41-26-24(22)42-29(38)31-26)28(37)32(27(23)36)12-21(34)35/h2-11,22-23,25H,12-13H2,1H3,(H,30,33)(H,31,38)(H,34,35)/t22-,23?,25?/m1/s1. The lowest BCUT2D eigenvalue weighted by molar-refractivity contribution is -0.149. The number of likely N-dealkylation sites (tertiary alicyclic amines) is 1. The van der Waals surface area contributed by atoms with E-state index < -0.39 is 41.4 Å². The lowest BCUT2D eigenvalue weighted by Crippen LogP contribution is -2.36. The summed E-state index contributed by atoms with van der Waals surface area (Å²) in [4.78, 5) is 66.5. The van der Waals surface area contributed by atoms with Crippen LogP contribution in [0.2, 0.25) is 0 Å². The van der Waals surface area contributed by atoms with E-state index in [1.54, 1.807) is 18.2 Å². The minimum atomic E-state index is -1.30. The number of benzene rings is 3. The monoisotopic (exact) mass is 605 g/mol. The number of thiazole rings is 1. The van der Waals surface area contributed by atoms with Crippen LogP contribution in [0.25, 0.3) is 10.8 Å². The van der Waals surface area contributed by atoms with Crippen molar-refractivity contribution in [3.8, 4) is 11.5 Å². The second-order valence-electron chi connectivity index (χ2n) is 9.68. The molecule has 2 aliphatic heterocycles. The molecule has 2 unspecified atom stereocenters. The van der Waals surface area contributed by atoms with Gasteiger partial charge in [-0.25, -0.2) is 0 Å². The van der Waals surface area contributed by atoms with Gasteiger partial charge in [-0.3, -0.25) is 28.9 Å². The summed E-state index contributed by atoms with van der Waals surface area (Å²) in [6.45, 7) is -1.04. The minimum Gasteiger partial charge on any atom is -0.493 e. The van der Waals surface area contributed by atoms with Crippen LogP contribution in [0.5, 0.6) is 11.5 Å². The zero-order valence-corrected chi connectivity index (χ0v) is 23.6. The number of carbonyl (C=O) groups excluding carboxylic acids is 3. The molecule has 6 rings (SSSR count). The van der Waals surface area contributed by atoms with Crippen molar-refractivity contribution in [3.63, 3.8) is 0 Å². The van der Waals surface area contributed by atoms with Gasteiger partial charge in [-0.1, -0.05) is 65.6 Å². The molecule has 3 N–H and O–H groups in total. The Kier molecular flexibility index (Phi) is 7.21. The zero-order chi connectivity index (χ0) is 29.5. The van der Waals surface area contributed by atoms with Gasteiger partial charge in [0.15, 0.2) is 18.1 Å². The molecule has 2 aliphatic rings. The second-order valence-corrected chi connectivity index (χ2v) is 11.8. The average Bonchev–Trinajstić information content (AvgIpc) is 3.46. The van der Waals surface area contributed by atoms with E-state index in [2.05, 4.69) is 10.3 Å². The Morgan fingerprint density at radius 1 is 1.02 bits per heavy atom. The van der Waals surface area contributed by atoms with Crippen molar-refractivity contribution in [2.24, 2.45) is 5.92 Å². The lowest BCUT2D eigenvalue weighted by atomic mass is 9.83. The number of carboxylic acid groups (broad SMARTS) is 1. The summed E-state index contributed by atoms with van der Waals surface area (Å²) in [6.07, 6.45) is 0. The molecule has 11 nitrogen and oxygen atoms in total. The van der Waals surface area contributed by atoms with Crippen LogP contribution in [-0.2, 0) is 19.2 Å². The number of hydrogen-bond acceptors (Lipinski definition) is 9. The summed E-state index contributed by atoms with van der Waals surface area (Å²) in [5.41, 5.74) is 1.23. The number of carboxylic acids is 1. The lowest BCUT2D eigenvalue weighted by Gasteiger charge is -2.30. The number of aliphatic carboxylic acids is 1. The number of aromatic amines is 1. The highest BCUT2D eigenvalue weighted by atomic mass is 32.2. The molecule has 3 amide bonds. The Morgan fingerprint density at radius 2 is 1.81 bits per heavy atom. The average molecular weight is 606 g/mol. The minimum absolute atomic E-state index is 0.278. The maximum atomic E-state index is 13.4. The Hall–Kier alpha value is -4.62. The first-order valence-corrected chi connectivity index (χ1v) is 14.5. The van der Waals surface area contributed by atoms with Crippen LogP contribution in [0.3, 0.4) is 0 Å².